The van der Waals surface area contributed by atoms with Crippen LogP contribution in [0.2, 0.25) is 0 Å². The molecule has 1 aliphatic heterocycles. The third-order valence-corrected chi connectivity index (χ3v) is 5.99. The number of fused-ring (bicyclic) bond motifs is 1. The maximum absolute atomic E-state index is 12.7. The number of carbonyl (C=O) groups excluding carboxylic acids is 1. The molecule has 2 aromatic heterocycles. The van der Waals surface area contributed by atoms with E-state index in [1.54, 1.807) is 4.52 Å². The normalized spacial score (nSPS) is 17.8. The third-order valence-electron chi connectivity index (χ3n) is 5.09. The van der Waals surface area contributed by atoms with E-state index >= 15 is 0 Å². The van der Waals surface area contributed by atoms with Gasteiger partial charge in [-0.05, 0) is 49.8 Å². The molecule has 1 fully saturated rings. The first-order valence-electron chi connectivity index (χ1n) is 9.35. The van der Waals surface area contributed by atoms with Crippen LogP contribution in [0.1, 0.15) is 36.6 Å². The van der Waals surface area contributed by atoms with Crippen molar-refractivity contribution in [3.05, 3.63) is 53.9 Å². The van der Waals surface area contributed by atoms with E-state index < -0.39 is 0 Å². The highest BCUT2D eigenvalue weighted by atomic mass is 32.2. The average Bonchev–Trinajstić information content (AvgIpc) is 2.92. The molecule has 6 nitrogen and oxygen atoms in total. The van der Waals surface area contributed by atoms with E-state index in [1.165, 1.54) is 17.3 Å². The van der Waals surface area contributed by atoms with Crippen LogP contribution < -0.4 is 0 Å². The molecule has 3 aromatic rings. The van der Waals surface area contributed by atoms with Crippen LogP contribution in [0.25, 0.3) is 5.65 Å². The molecule has 0 saturated carbocycles. The number of hydrogen-bond donors (Lipinski definition) is 0. The average molecular weight is 382 g/mol. The minimum atomic E-state index is 0.191. The molecular formula is C20H23N5OS. The topological polar surface area (TPSA) is 63.4 Å². The van der Waals surface area contributed by atoms with Crippen molar-refractivity contribution in [1.29, 1.82) is 0 Å². The lowest BCUT2D eigenvalue weighted by Gasteiger charge is -2.20. The Morgan fingerprint density at radius 3 is 2.81 bits per heavy atom. The predicted molar refractivity (Wildman–Crippen MR) is 106 cm³/mol. The Kier molecular flexibility index (Phi) is 5.38. The number of benzene rings is 1. The van der Waals surface area contributed by atoms with Gasteiger partial charge < -0.3 is 4.90 Å². The van der Waals surface area contributed by atoms with Gasteiger partial charge in [-0.25, -0.2) is 0 Å². The van der Waals surface area contributed by atoms with Gasteiger partial charge in [-0.15, -0.1) is 10.2 Å². The van der Waals surface area contributed by atoms with Gasteiger partial charge in [0.15, 0.2) is 11.5 Å². The fourth-order valence-corrected chi connectivity index (χ4v) is 4.35. The summed E-state index contributed by atoms with van der Waals surface area (Å²) in [6, 6.07) is 14.4. The highest BCUT2D eigenvalue weighted by molar-refractivity contribution is 7.99. The molecule has 1 aromatic carbocycles. The minimum absolute atomic E-state index is 0.191. The summed E-state index contributed by atoms with van der Waals surface area (Å²) in [4.78, 5) is 14.7. The van der Waals surface area contributed by atoms with Crippen molar-refractivity contribution in [2.24, 2.45) is 0 Å². The van der Waals surface area contributed by atoms with Gasteiger partial charge >= 0.3 is 0 Å². The summed E-state index contributed by atoms with van der Waals surface area (Å²) in [6.07, 6.45) is 3.23. The van der Waals surface area contributed by atoms with Crippen LogP contribution >= 0.6 is 11.8 Å². The van der Waals surface area contributed by atoms with E-state index in [9.17, 15) is 4.79 Å². The van der Waals surface area contributed by atoms with Gasteiger partial charge in [0.2, 0.25) is 5.91 Å². The van der Waals surface area contributed by atoms with E-state index in [1.807, 2.05) is 24.0 Å². The van der Waals surface area contributed by atoms with Crippen molar-refractivity contribution >= 4 is 23.3 Å². The van der Waals surface area contributed by atoms with E-state index in [2.05, 4.69) is 45.6 Å². The summed E-state index contributed by atoms with van der Waals surface area (Å²) in [7, 11) is 0. The molecule has 3 heterocycles. The Hall–Kier alpha value is -2.41. The van der Waals surface area contributed by atoms with Crippen LogP contribution in [0.5, 0.6) is 0 Å². The zero-order chi connectivity index (χ0) is 18.6. The first-order chi connectivity index (χ1) is 13.2. The SMILES string of the molecule is Cc1nnc2ccc(SCC(=O)N3CCCC(c4ccccc4)CC3)nn12. The second kappa shape index (κ2) is 8.08. The first-order valence-corrected chi connectivity index (χ1v) is 10.3. The van der Waals surface area contributed by atoms with Crippen molar-refractivity contribution in [2.75, 3.05) is 18.8 Å². The lowest BCUT2D eigenvalue weighted by molar-refractivity contribution is -0.128. The molecule has 0 bridgehead atoms. The fraction of sp³-hybridized carbons (Fsp3) is 0.400. The number of thioether (sulfide) groups is 1. The van der Waals surface area contributed by atoms with Gasteiger partial charge in [-0.3, -0.25) is 4.79 Å². The maximum Gasteiger partial charge on any atom is 0.232 e. The lowest BCUT2D eigenvalue weighted by atomic mass is 9.92. The molecule has 1 unspecified atom stereocenters. The quantitative estimate of drug-likeness (QED) is 0.649. The Balaban J connectivity index is 1.34. The smallest absolute Gasteiger partial charge is 0.232 e. The third kappa shape index (κ3) is 4.13. The number of amides is 1. The largest absolute Gasteiger partial charge is 0.342 e. The zero-order valence-corrected chi connectivity index (χ0v) is 16.2. The van der Waals surface area contributed by atoms with E-state index in [-0.39, 0.29) is 5.91 Å². The second-order valence-electron chi connectivity index (χ2n) is 6.90. The van der Waals surface area contributed by atoms with Crippen molar-refractivity contribution in [3.8, 4) is 0 Å². The van der Waals surface area contributed by atoms with Crippen molar-refractivity contribution in [2.45, 2.75) is 37.1 Å². The number of aromatic nitrogens is 4. The van der Waals surface area contributed by atoms with Gasteiger partial charge in [-0.1, -0.05) is 42.1 Å². The molecule has 1 atom stereocenters. The zero-order valence-electron chi connectivity index (χ0n) is 15.4. The lowest BCUT2D eigenvalue weighted by Crippen LogP contribution is -2.33. The van der Waals surface area contributed by atoms with Crippen molar-refractivity contribution in [1.82, 2.24) is 24.7 Å². The standard InChI is InChI=1S/C20H23N5OS/c1-15-21-22-18-9-10-19(23-25(15)18)27-14-20(26)24-12-5-8-17(11-13-24)16-6-3-2-4-7-16/h2-4,6-7,9-10,17H,5,8,11-14H2,1H3. The summed E-state index contributed by atoms with van der Waals surface area (Å²) >= 11 is 1.47. The van der Waals surface area contributed by atoms with Crippen LogP contribution in [0.3, 0.4) is 0 Å². The van der Waals surface area contributed by atoms with E-state index in [4.69, 9.17) is 0 Å². The fourth-order valence-electron chi connectivity index (χ4n) is 3.59. The minimum Gasteiger partial charge on any atom is -0.342 e. The number of rotatable bonds is 4. The summed E-state index contributed by atoms with van der Waals surface area (Å²) < 4.78 is 1.71. The Morgan fingerprint density at radius 2 is 1.96 bits per heavy atom. The molecule has 0 N–H and O–H groups in total. The van der Waals surface area contributed by atoms with Crippen LogP contribution in [-0.2, 0) is 4.79 Å². The number of nitrogens with zero attached hydrogens (tertiary/aromatic N) is 5. The predicted octanol–water partition coefficient (Wildman–Crippen LogP) is 3.32. The summed E-state index contributed by atoms with van der Waals surface area (Å²) in [6.45, 7) is 3.54. The molecule has 27 heavy (non-hydrogen) atoms. The molecule has 0 aliphatic carbocycles. The number of hydrogen-bond acceptors (Lipinski definition) is 5. The monoisotopic (exact) mass is 381 g/mol. The van der Waals surface area contributed by atoms with Crippen LogP contribution in [-0.4, -0.2) is 49.5 Å². The van der Waals surface area contributed by atoms with E-state index in [0.29, 0.717) is 11.7 Å². The molecule has 7 heteroatoms. The molecule has 0 radical (unpaired) electrons. The summed E-state index contributed by atoms with van der Waals surface area (Å²) in [5.74, 6) is 1.90. The first kappa shape index (κ1) is 18.0. The van der Waals surface area contributed by atoms with Crippen LogP contribution in [0.4, 0.5) is 0 Å². The number of aryl methyl sites for hydroxylation is 1. The Bertz CT molecular complexity index is 927. The Morgan fingerprint density at radius 1 is 1.11 bits per heavy atom. The molecule has 1 amide bonds. The van der Waals surface area contributed by atoms with E-state index in [0.717, 1.165) is 48.8 Å². The number of likely N-dealkylation sites (tertiary alicyclic amines) is 1. The highest BCUT2D eigenvalue weighted by Gasteiger charge is 2.21. The maximum atomic E-state index is 12.7. The molecule has 1 saturated heterocycles. The van der Waals surface area contributed by atoms with Crippen molar-refractivity contribution < 1.29 is 4.79 Å². The number of carbonyl (C=O) groups is 1. The van der Waals surface area contributed by atoms with Crippen LogP contribution in [0.15, 0.2) is 47.5 Å². The summed E-state index contributed by atoms with van der Waals surface area (Å²) in [5, 5.41) is 13.4. The molecule has 0 spiro atoms. The van der Waals surface area contributed by atoms with Crippen LogP contribution in [0, 0.1) is 6.92 Å². The molecular weight excluding hydrogens is 358 g/mol. The van der Waals surface area contributed by atoms with Gasteiger partial charge in [0.1, 0.15) is 5.03 Å². The highest BCUT2D eigenvalue weighted by Crippen LogP contribution is 2.28. The van der Waals surface area contributed by atoms with Gasteiger partial charge in [0, 0.05) is 13.1 Å². The molecule has 140 valence electrons. The van der Waals surface area contributed by atoms with Crippen molar-refractivity contribution in [3.63, 3.8) is 0 Å². The second-order valence-corrected chi connectivity index (χ2v) is 7.89. The molecule has 1 aliphatic rings. The van der Waals surface area contributed by atoms with Gasteiger partial charge in [0.25, 0.3) is 0 Å². The summed E-state index contributed by atoms with van der Waals surface area (Å²) in [5.41, 5.74) is 2.12. The van der Waals surface area contributed by atoms with Gasteiger partial charge in [-0.2, -0.15) is 9.61 Å². The Labute approximate surface area is 163 Å². The molecule has 4 rings (SSSR count). The van der Waals surface area contributed by atoms with Gasteiger partial charge in [0.05, 0.1) is 5.75 Å².